The number of unbranched alkanes of at least 4 members (excludes halogenated alkanes) is 7. The fraction of sp³-hybridized carbons (Fsp3) is 0.455. The number of hydrogen-bond donors (Lipinski definition) is 0. The third-order valence-corrected chi connectivity index (χ3v) is 4.24. The van der Waals surface area contributed by atoms with Crippen molar-refractivity contribution in [1.29, 1.82) is 0 Å². The summed E-state index contributed by atoms with van der Waals surface area (Å²) in [7, 11) is 0. The predicted molar refractivity (Wildman–Crippen MR) is 114 cm³/mol. The molecule has 0 aliphatic rings. The second kappa shape index (κ2) is 16.4. The minimum absolute atomic E-state index is 0. The van der Waals surface area contributed by atoms with Crippen LogP contribution >= 0.6 is 0 Å². The van der Waals surface area contributed by atoms with Crippen molar-refractivity contribution >= 4 is 59.1 Å². The van der Waals surface area contributed by atoms with Crippen molar-refractivity contribution in [1.82, 2.24) is 0 Å². The quantitative estimate of drug-likeness (QED) is 0.361. The Morgan fingerprint density at radius 3 is 1.88 bits per heavy atom. The molecule has 0 saturated heterocycles. The van der Waals surface area contributed by atoms with Crippen LogP contribution in [0.15, 0.2) is 54.6 Å². The second-order valence-electron chi connectivity index (χ2n) is 6.25. The monoisotopic (exact) mass is 358 g/mol. The van der Waals surface area contributed by atoms with Crippen LogP contribution in [0.3, 0.4) is 0 Å². The summed E-state index contributed by atoms with van der Waals surface area (Å²) >= 11 is 0. The van der Waals surface area contributed by atoms with Gasteiger partial charge in [0, 0.05) is 0 Å². The second-order valence-corrected chi connectivity index (χ2v) is 6.25. The van der Waals surface area contributed by atoms with E-state index in [1.165, 1.54) is 56.9 Å². The van der Waals surface area contributed by atoms with Gasteiger partial charge in [-0.05, 0) is 36.6 Å². The molecule has 0 N–H and O–H groups in total. The SMILES string of the molecule is CCCCCCCCCCc1ccccc1Oc1ccccc1.[NaH].[NaH]. The van der Waals surface area contributed by atoms with Gasteiger partial charge in [0.05, 0.1) is 0 Å². The van der Waals surface area contributed by atoms with E-state index in [9.17, 15) is 0 Å². The Hall–Kier alpha value is 0.240. The van der Waals surface area contributed by atoms with E-state index in [1.54, 1.807) is 0 Å². The molecule has 0 fully saturated rings. The molecular formula is C22H32Na2O. The van der Waals surface area contributed by atoms with Gasteiger partial charge in [-0.2, -0.15) is 0 Å². The van der Waals surface area contributed by atoms with Gasteiger partial charge in [0.15, 0.2) is 0 Å². The van der Waals surface area contributed by atoms with Gasteiger partial charge in [-0.3, -0.25) is 0 Å². The van der Waals surface area contributed by atoms with Crippen molar-refractivity contribution < 1.29 is 4.74 Å². The molecule has 2 aromatic carbocycles. The Kier molecular flexibility index (Phi) is 16.6. The fourth-order valence-corrected chi connectivity index (χ4v) is 2.87. The molecule has 2 aromatic rings. The van der Waals surface area contributed by atoms with Crippen molar-refractivity contribution in [3.8, 4) is 11.5 Å². The standard InChI is InChI=1S/C22H30O.2Na.2H/c1-2-3-4-5-6-7-8-10-15-20-16-13-14-19-22(20)23-21-17-11-9-12-18-21;;;;/h9,11-14,16-19H,2-8,10,15H2,1H3;;;;. The number of hydrogen-bond acceptors (Lipinski definition) is 1. The van der Waals surface area contributed by atoms with Crippen LogP contribution in [0.4, 0.5) is 0 Å². The van der Waals surface area contributed by atoms with Crippen molar-refractivity contribution in [2.24, 2.45) is 0 Å². The van der Waals surface area contributed by atoms with E-state index >= 15 is 0 Å². The molecule has 0 heterocycles. The van der Waals surface area contributed by atoms with Crippen LogP contribution in [-0.2, 0) is 6.42 Å². The molecule has 2 rings (SSSR count). The van der Waals surface area contributed by atoms with E-state index in [4.69, 9.17) is 4.74 Å². The third kappa shape index (κ3) is 10.9. The maximum atomic E-state index is 6.03. The molecule has 1 nitrogen and oxygen atoms in total. The Bertz CT molecular complexity index is 543. The first-order chi connectivity index (χ1) is 11.4. The average molecular weight is 358 g/mol. The molecule has 3 heteroatoms. The number of benzene rings is 2. The summed E-state index contributed by atoms with van der Waals surface area (Å²) in [5.41, 5.74) is 1.32. The summed E-state index contributed by atoms with van der Waals surface area (Å²) in [6.45, 7) is 2.27. The Morgan fingerprint density at radius 2 is 1.20 bits per heavy atom. The van der Waals surface area contributed by atoms with Crippen LogP contribution < -0.4 is 4.74 Å². The summed E-state index contributed by atoms with van der Waals surface area (Å²) in [4.78, 5) is 0. The van der Waals surface area contributed by atoms with Crippen molar-refractivity contribution in [3.63, 3.8) is 0 Å². The maximum absolute atomic E-state index is 6.03. The molecule has 0 aliphatic carbocycles. The molecule has 0 amide bonds. The Labute approximate surface area is 198 Å². The van der Waals surface area contributed by atoms with Crippen LogP contribution in [0, 0.1) is 0 Å². The molecule has 0 aromatic heterocycles. The van der Waals surface area contributed by atoms with E-state index in [0.717, 1.165) is 17.9 Å². The molecule has 0 saturated carbocycles. The Balaban J connectivity index is 0.00000288. The predicted octanol–water partition coefficient (Wildman–Crippen LogP) is 5.87. The fourth-order valence-electron chi connectivity index (χ4n) is 2.87. The zero-order valence-electron chi connectivity index (χ0n) is 14.5. The summed E-state index contributed by atoms with van der Waals surface area (Å²) in [6, 6.07) is 18.5. The molecular weight excluding hydrogens is 326 g/mol. The van der Waals surface area contributed by atoms with Crippen molar-refractivity contribution in [2.75, 3.05) is 0 Å². The van der Waals surface area contributed by atoms with Gasteiger partial charge in [-0.1, -0.05) is 88.3 Å². The Morgan fingerprint density at radius 1 is 0.640 bits per heavy atom. The number of ether oxygens (including phenoxy) is 1. The molecule has 128 valence electrons. The third-order valence-electron chi connectivity index (χ3n) is 4.24. The van der Waals surface area contributed by atoms with Gasteiger partial charge < -0.3 is 4.74 Å². The number of para-hydroxylation sites is 2. The van der Waals surface area contributed by atoms with Gasteiger partial charge in [-0.15, -0.1) is 0 Å². The van der Waals surface area contributed by atoms with Crippen LogP contribution in [-0.4, -0.2) is 59.1 Å². The normalized spacial score (nSPS) is 9.80. The molecule has 0 spiro atoms. The molecule has 0 unspecified atom stereocenters. The summed E-state index contributed by atoms with van der Waals surface area (Å²) in [6.07, 6.45) is 12.0. The van der Waals surface area contributed by atoms with E-state index in [1.807, 2.05) is 30.3 Å². The number of rotatable bonds is 11. The van der Waals surface area contributed by atoms with Gasteiger partial charge in [-0.25, -0.2) is 0 Å². The first-order valence-corrected chi connectivity index (χ1v) is 9.21. The minimum atomic E-state index is 0. The van der Waals surface area contributed by atoms with Crippen LogP contribution in [0.2, 0.25) is 0 Å². The van der Waals surface area contributed by atoms with Crippen LogP contribution in [0.25, 0.3) is 0 Å². The van der Waals surface area contributed by atoms with Crippen LogP contribution in [0.5, 0.6) is 11.5 Å². The van der Waals surface area contributed by atoms with Crippen molar-refractivity contribution in [3.05, 3.63) is 60.2 Å². The first-order valence-electron chi connectivity index (χ1n) is 9.21. The first kappa shape index (κ1) is 25.2. The topological polar surface area (TPSA) is 9.23 Å². The van der Waals surface area contributed by atoms with E-state index in [2.05, 4.69) is 31.2 Å². The summed E-state index contributed by atoms with van der Waals surface area (Å²) in [5, 5.41) is 0. The van der Waals surface area contributed by atoms with Gasteiger partial charge in [0.2, 0.25) is 0 Å². The van der Waals surface area contributed by atoms with Crippen LogP contribution in [0.1, 0.15) is 63.9 Å². The van der Waals surface area contributed by atoms with Gasteiger partial charge in [0.1, 0.15) is 11.5 Å². The summed E-state index contributed by atoms with van der Waals surface area (Å²) < 4.78 is 6.03. The zero-order valence-corrected chi connectivity index (χ0v) is 14.5. The van der Waals surface area contributed by atoms with Crippen molar-refractivity contribution in [2.45, 2.75) is 64.7 Å². The molecule has 0 radical (unpaired) electrons. The molecule has 0 bridgehead atoms. The zero-order chi connectivity index (χ0) is 16.2. The van der Waals surface area contributed by atoms with E-state index < -0.39 is 0 Å². The van der Waals surface area contributed by atoms with Gasteiger partial charge in [0.25, 0.3) is 0 Å². The van der Waals surface area contributed by atoms with E-state index in [-0.39, 0.29) is 59.1 Å². The average Bonchev–Trinajstić information content (AvgIpc) is 2.59. The molecule has 25 heavy (non-hydrogen) atoms. The summed E-state index contributed by atoms with van der Waals surface area (Å²) in [5.74, 6) is 1.91. The van der Waals surface area contributed by atoms with Gasteiger partial charge >= 0.3 is 59.1 Å². The van der Waals surface area contributed by atoms with E-state index in [0.29, 0.717) is 0 Å². The number of aryl methyl sites for hydroxylation is 1. The molecule has 0 aliphatic heterocycles. The molecule has 0 atom stereocenters.